The van der Waals surface area contributed by atoms with E-state index in [2.05, 4.69) is 4.98 Å². The van der Waals surface area contributed by atoms with Crippen LogP contribution in [0, 0.1) is 5.82 Å². The van der Waals surface area contributed by atoms with Gasteiger partial charge in [-0.3, -0.25) is 18.7 Å². The van der Waals surface area contributed by atoms with Crippen molar-refractivity contribution in [3.05, 3.63) is 104 Å². The van der Waals surface area contributed by atoms with Crippen LogP contribution in [0.1, 0.15) is 48.6 Å². The van der Waals surface area contributed by atoms with Crippen molar-refractivity contribution in [2.75, 3.05) is 14.2 Å². The van der Waals surface area contributed by atoms with Crippen molar-refractivity contribution in [3.63, 3.8) is 0 Å². The Labute approximate surface area is 218 Å². The highest BCUT2D eigenvalue weighted by Crippen LogP contribution is 2.38. The molecule has 1 fully saturated rings. The number of para-hydroxylation sites is 1. The lowest BCUT2D eigenvalue weighted by atomic mass is 10.0. The van der Waals surface area contributed by atoms with E-state index in [4.69, 9.17) is 9.47 Å². The van der Waals surface area contributed by atoms with Gasteiger partial charge in [-0.2, -0.15) is 4.98 Å². The van der Waals surface area contributed by atoms with E-state index in [0.717, 1.165) is 44.0 Å². The molecule has 0 bridgehead atoms. The lowest BCUT2D eigenvalue weighted by molar-refractivity contribution is 0.386. The van der Waals surface area contributed by atoms with Crippen LogP contribution in [-0.2, 0) is 6.42 Å². The molecule has 0 atom stereocenters. The number of aromatic nitrogens is 3. The standard InChI is InChI=1S/C29H28FN3O5/c1-37-23-8-5-9-24(38-2)26(23)33-27(19-6-3-4-7-19)31-28(35)22(29(33)36)16-18-10-13-21(14-11-18)32-17-20(30)12-15-25(32)34/h5,8-15,17,19,35H,3-4,6-7,16H2,1-2H3. The van der Waals surface area contributed by atoms with Crippen molar-refractivity contribution in [2.45, 2.75) is 38.0 Å². The smallest absolute Gasteiger partial charge is 0.265 e. The Morgan fingerprint density at radius 1 is 0.974 bits per heavy atom. The number of methoxy groups -OCH3 is 2. The van der Waals surface area contributed by atoms with Gasteiger partial charge in [-0.05, 0) is 48.7 Å². The maximum Gasteiger partial charge on any atom is 0.265 e. The summed E-state index contributed by atoms with van der Waals surface area (Å²) in [5.41, 5.74) is 0.979. The minimum atomic E-state index is -0.528. The van der Waals surface area contributed by atoms with Gasteiger partial charge in [-0.25, -0.2) is 4.39 Å². The molecular formula is C29H28FN3O5. The SMILES string of the molecule is COc1cccc(OC)c1-n1c(C2CCCC2)nc(O)c(Cc2ccc(-n3cc(F)ccc3=O)cc2)c1=O. The summed E-state index contributed by atoms with van der Waals surface area (Å²) in [5, 5.41) is 10.9. The lowest BCUT2D eigenvalue weighted by Gasteiger charge is -2.22. The number of ether oxygens (including phenoxy) is 2. The van der Waals surface area contributed by atoms with Gasteiger partial charge in [0.15, 0.2) is 0 Å². The normalized spacial score (nSPS) is 13.6. The molecule has 1 saturated carbocycles. The van der Waals surface area contributed by atoms with E-state index in [0.29, 0.717) is 34.3 Å². The number of pyridine rings is 1. The first-order valence-electron chi connectivity index (χ1n) is 12.4. The first-order valence-corrected chi connectivity index (χ1v) is 12.4. The predicted molar refractivity (Wildman–Crippen MR) is 141 cm³/mol. The van der Waals surface area contributed by atoms with Crippen LogP contribution in [-0.4, -0.2) is 33.4 Å². The third kappa shape index (κ3) is 4.67. The summed E-state index contributed by atoms with van der Waals surface area (Å²) in [5.74, 6) is 0.563. The van der Waals surface area contributed by atoms with Crippen LogP contribution in [0.5, 0.6) is 17.4 Å². The molecule has 196 valence electrons. The molecule has 2 heterocycles. The molecule has 2 aromatic heterocycles. The van der Waals surface area contributed by atoms with E-state index >= 15 is 0 Å². The zero-order valence-corrected chi connectivity index (χ0v) is 21.2. The second-order valence-corrected chi connectivity index (χ2v) is 9.30. The lowest BCUT2D eigenvalue weighted by Crippen LogP contribution is -2.29. The topological polar surface area (TPSA) is 95.6 Å². The summed E-state index contributed by atoms with van der Waals surface area (Å²) >= 11 is 0. The van der Waals surface area contributed by atoms with Crippen molar-refractivity contribution >= 4 is 0 Å². The number of hydrogen-bond donors (Lipinski definition) is 1. The van der Waals surface area contributed by atoms with Gasteiger partial charge in [0.1, 0.15) is 28.8 Å². The van der Waals surface area contributed by atoms with E-state index < -0.39 is 11.4 Å². The molecule has 9 heteroatoms. The van der Waals surface area contributed by atoms with Crippen LogP contribution in [0.2, 0.25) is 0 Å². The van der Waals surface area contributed by atoms with Crippen molar-refractivity contribution in [3.8, 4) is 28.8 Å². The second kappa shape index (κ2) is 10.5. The average Bonchev–Trinajstić information content (AvgIpc) is 3.47. The number of halogens is 1. The first-order chi connectivity index (χ1) is 18.4. The average molecular weight is 518 g/mol. The monoisotopic (exact) mass is 517 g/mol. The molecule has 2 aromatic carbocycles. The third-order valence-corrected chi connectivity index (χ3v) is 7.00. The van der Waals surface area contributed by atoms with Gasteiger partial charge in [0.2, 0.25) is 5.88 Å². The summed E-state index contributed by atoms with van der Waals surface area (Å²) < 4.78 is 27.6. The summed E-state index contributed by atoms with van der Waals surface area (Å²) in [6, 6.07) is 14.3. The molecule has 0 aliphatic heterocycles. The van der Waals surface area contributed by atoms with Crippen molar-refractivity contribution < 1.29 is 19.0 Å². The van der Waals surface area contributed by atoms with Gasteiger partial charge in [0.05, 0.1) is 19.8 Å². The highest BCUT2D eigenvalue weighted by Gasteiger charge is 2.29. The zero-order valence-electron chi connectivity index (χ0n) is 21.2. The van der Waals surface area contributed by atoms with Crippen molar-refractivity contribution in [1.29, 1.82) is 0 Å². The molecule has 1 N–H and O–H groups in total. The highest BCUT2D eigenvalue weighted by molar-refractivity contribution is 5.58. The van der Waals surface area contributed by atoms with E-state index in [1.54, 1.807) is 42.5 Å². The minimum absolute atomic E-state index is 0.0149. The van der Waals surface area contributed by atoms with Gasteiger partial charge in [0, 0.05) is 30.3 Å². The first kappa shape index (κ1) is 25.3. The van der Waals surface area contributed by atoms with E-state index in [-0.39, 0.29) is 29.3 Å². The van der Waals surface area contributed by atoms with Gasteiger partial charge in [-0.15, -0.1) is 0 Å². The number of hydrogen-bond acceptors (Lipinski definition) is 6. The van der Waals surface area contributed by atoms with Crippen LogP contribution < -0.4 is 20.6 Å². The number of rotatable bonds is 7. The van der Waals surface area contributed by atoms with Crippen LogP contribution in [0.25, 0.3) is 11.4 Å². The summed E-state index contributed by atoms with van der Waals surface area (Å²) in [6.45, 7) is 0. The highest BCUT2D eigenvalue weighted by atomic mass is 19.1. The molecule has 5 rings (SSSR count). The molecule has 4 aromatic rings. The molecule has 0 spiro atoms. The Morgan fingerprint density at radius 2 is 1.63 bits per heavy atom. The summed E-state index contributed by atoms with van der Waals surface area (Å²) in [4.78, 5) is 30.7. The van der Waals surface area contributed by atoms with Gasteiger partial charge < -0.3 is 14.6 Å². The predicted octanol–water partition coefficient (Wildman–Crippen LogP) is 4.49. The van der Waals surface area contributed by atoms with Gasteiger partial charge in [0.25, 0.3) is 11.1 Å². The molecule has 0 saturated heterocycles. The van der Waals surface area contributed by atoms with E-state index in [1.807, 2.05) is 0 Å². The fourth-order valence-electron chi connectivity index (χ4n) is 5.08. The van der Waals surface area contributed by atoms with Gasteiger partial charge >= 0.3 is 0 Å². The van der Waals surface area contributed by atoms with Crippen LogP contribution in [0.3, 0.4) is 0 Å². The molecule has 8 nitrogen and oxygen atoms in total. The van der Waals surface area contributed by atoms with E-state index in [1.165, 1.54) is 23.4 Å². The fourth-order valence-corrected chi connectivity index (χ4v) is 5.08. The molecule has 0 radical (unpaired) electrons. The largest absolute Gasteiger partial charge is 0.494 e. The molecule has 0 amide bonds. The Bertz CT molecular complexity index is 1570. The van der Waals surface area contributed by atoms with Crippen LogP contribution in [0.4, 0.5) is 4.39 Å². The van der Waals surface area contributed by atoms with E-state index in [9.17, 15) is 19.1 Å². The molecule has 1 aliphatic rings. The number of aromatic hydroxyl groups is 1. The summed E-state index contributed by atoms with van der Waals surface area (Å²) in [7, 11) is 3.05. The van der Waals surface area contributed by atoms with Crippen molar-refractivity contribution in [1.82, 2.24) is 14.1 Å². The Kier molecular flexibility index (Phi) is 7.00. The molecule has 38 heavy (non-hydrogen) atoms. The molecule has 1 aliphatic carbocycles. The summed E-state index contributed by atoms with van der Waals surface area (Å²) in [6.07, 6.45) is 4.99. The zero-order chi connectivity index (χ0) is 26.8. The maximum absolute atomic E-state index is 14.0. The van der Waals surface area contributed by atoms with Crippen LogP contribution >= 0.6 is 0 Å². The Morgan fingerprint density at radius 3 is 2.26 bits per heavy atom. The fraction of sp³-hybridized carbons (Fsp3) is 0.276. The second-order valence-electron chi connectivity index (χ2n) is 9.30. The molecular weight excluding hydrogens is 489 g/mol. The van der Waals surface area contributed by atoms with Gasteiger partial charge in [-0.1, -0.05) is 31.0 Å². The number of nitrogens with zero attached hydrogens (tertiary/aromatic N) is 3. The molecule has 0 unspecified atom stereocenters. The Balaban J connectivity index is 1.61. The maximum atomic E-state index is 14.0. The third-order valence-electron chi connectivity index (χ3n) is 7.00. The quantitative estimate of drug-likeness (QED) is 0.388. The number of benzene rings is 2. The minimum Gasteiger partial charge on any atom is -0.494 e. The Hall–Kier alpha value is -4.40. The van der Waals surface area contributed by atoms with Crippen LogP contribution in [0.15, 0.2) is 70.4 Å². The van der Waals surface area contributed by atoms with Crippen molar-refractivity contribution in [2.24, 2.45) is 0 Å².